The molecule has 0 bridgehead atoms. The average Bonchev–Trinajstić information content (AvgIpc) is 3.43. The molecule has 0 rings (SSSR count). The first kappa shape index (κ1) is 75.1. The summed E-state index contributed by atoms with van der Waals surface area (Å²) in [6, 6.07) is -0.634. The van der Waals surface area contributed by atoms with Crippen LogP contribution < -0.4 is 5.32 Å². The first-order valence-corrected chi connectivity index (χ1v) is 34.8. The lowest BCUT2D eigenvalue weighted by molar-refractivity contribution is -0.143. The molecule has 0 fully saturated rings. The highest BCUT2D eigenvalue weighted by Crippen LogP contribution is 2.18. The first-order chi connectivity index (χ1) is 38.0. The molecule has 0 saturated carbocycles. The number of hydrogen-bond donors (Lipinski definition) is 3. The normalized spacial score (nSPS) is 12.7. The Morgan fingerprint density at radius 1 is 0.351 bits per heavy atom. The minimum absolute atomic E-state index is 0.00949. The third-order valence-corrected chi connectivity index (χ3v) is 16.1. The van der Waals surface area contributed by atoms with Crippen molar-refractivity contribution in [2.24, 2.45) is 0 Å². The second-order valence-corrected chi connectivity index (χ2v) is 23.9. The van der Waals surface area contributed by atoms with Crippen LogP contribution in [0.4, 0.5) is 0 Å². The second-order valence-electron chi connectivity index (χ2n) is 23.9. The van der Waals surface area contributed by atoms with E-state index in [9.17, 15) is 19.8 Å². The Labute approximate surface area is 481 Å². The van der Waals surface area contributed by atoms with Gasteiger partial charge in [0.1, 0.15) is 0 Å². The van der Waals surface area contributed by atoms with Crippen LogP contribution in [0, 0.1) is 0 Å². The van der Waals surface area contributed by atoms with Crippen LogP contribution in [0.3, 0.4) is 0 Å². The van der Waals surface area contributed by atoms with E-state index < -0.39 is 12.1 Å². The summed E-state index contributed by atoms with van der Waals surface area (Å²) in [5.74, 6) is -0.0626. The number of unbranched alkanes of at least 4 members (excludes halogenated alkanes) is 50. The fraction of sp³-hybridized carbons (Fsp3) is 0.887. The van der Waals surface area contributed by atoms with Crippen molar-refractivity contribution in [1.82, 2.24) is 5.32 Å². The van der Waals surface area contributed by atoms with Crippen molar-refractivity contribution < 1.29 is 24.5 Å². The molecule has 0 saturated heterocycles. The van der Waals surface area contributed by atoms with E-state index in [0.29, 0.717) is 19.4 Å². The van der Waals surface area contributed by atoms with Gasteiger partial charge in [-0.15, -0.1) is 0 Å². The molecular weight excluding hydrogens is 947 g/mol. The Morgan fingerprint density at radius 2 is 0.610 bits per heavy atom. The maximum atomic E-state index is 12.5. The summed E-state index contributed by atoms with van der Waals surface area (Å²) in [6.45, 7) is 4.92. The van der Waals surface area contributed by atoms with Crippen LogP contribution in [0.5, 0.6) is 0 Å². The summed E-state index contributed by atoms with van der Waals surface area (Å²) in [4.78, 5) is 24.6. The molecule has 0 aromatic rings. The third kappa shape index (κ3) is 63.1. The van der Waals surface area contributed by atoms with E-state index in [4.69, 9.17) is 4.74 Å². The van der Waals surface area contributed by atoms with Gasteiger partial charge in [0, 0.05) is 12.8 Å². The van der Waals surface area contributed by atoms with E-state index in [2.05, 4.69) is 43.5 Å². The average molecular weight is 1080 g/mol. The number of nitrogens with one attached hydrogen (secondary N) is 1. The van der Waals surface area contributed by atoms with E-state index in [-0.39, 0.29) is 18.5 Å². The molecule has 0 aromatic carbocycles. The number of rotatable bonds is 65. The number of carbonyl (C=O) groups excluding carboxylic acids is 2. The molecule has 0 aliphatic rings. The number of carbonyl (C=O) groups is 2. The summed E-state index contributed by atoms with van der Waals surface area (Å²) in [7, 11) is 0. The predicted molar refractivity (Wildman–Crippen MR) is 338 cm³/mol. The van der Waals surface area contributed by atoms with Crippen LogP contribution in [0.25, 0.3) is 0 Å². The fourth-order valence-corrected chi connectivity index (χ4v) is 10.8. The van der Waals surface area contributed by atoms with E-state index in [1.807, 2.05) is 6.08 Å². The minimum Gasteiger partial charge on any atom is -0.466 e. The molecule has 0 aromatic heterocycles. The molecular formula is C71H135NO5. The Bertz CT molecular complexity index is 1250. The highest BCUT2D eigenvalue weighted by atomic mass is 16.5. The zero-order valence-electron chi connectivity index (χ0n) is 52.0. The molecule has 454 valence electrons. The van der Waals surface area contributed by atoms with Crippen LogP contribution in [0.15, 0.2) is 36.5 Å². The molecule has 77 heavy (non-hydrogen) atoms. The van der Waals surface area contributed by atoms with Gasteiger partial charge in [0.2, 0.25) is 5.91 Å². The number of amides is 1. The zero-order chi connectivity index (χ0) is 55.7. The molecule has 3 N–H and O–H groups in total. The quantitative estimate of drug-likeness (QED) is 0.0320. The second kappa shape index (κ2) is 66.6. The van der Waals surface area contributed by atoms with Crippen LogP contribution in [-0.4, -0.2) is 47.4 Å². The smallest absolute Gasteiger partial charge is 0.305 e. The maximum absolute atomic E-state index is 12.5. The molecule has 0 radical (unpaired) electrons. The summed E-state index contributed by atoms with van der Waals surface area (Å²) in [5.41, 5.74) is 0. The molecule has 6 heteroatoms. The van der Waals surface area contributed by atoms with Gasteiger partial charge < -0.3 is 20.3 Å². The first-order valence-electron chi connectivity index (χ1n) is 34.8. The largest absolute Gasteiger partial charge is 0.466 e. The molecule has 0 aliphatic carbocycles. The summed E-state index contributed by atoms with van der Waals surface area (Å²) >= 11 is 0. The van der Waals surface area contributed by atoms with E-state index in [0.717, 1.165) is 51.4 Å². The lowest BCUT2D eigenvalue weighted by atomic mass is 10.0. The van der Waals surface area contributed by atoms with Crippen molar-refractivity contribution in [3.63, 3.8) is 0 Å². The molecule has 2 atom stereocenters. The van der Waals surface area contributed by atoms with Gasteiger partial charge in [-0.25, -0.2) is 0 Å². The SMILES string of the molecule is CCCCCCCC/C=C\CCCCCCCCCCCC(=O)OCCCCCCCCCCCCC/C=C\CCCCCCCCCC(=O)NC(CO)C(O)/C=C/CCCCCCCCCCCCCCCCCCC. The van der Waals surface area contributed by atoms with Gasteiger partial charge in [-0.2, -0.15) is 0 Å². The predicted octanol–water partition coefficient (Wildman–Crippen LogP) is 22.3. The Balaban J connectivity index is 3.43. The van der Waals surface area contributed by atoms with Gasteiger partial charge in [-0.1, -0.05) is 320 Å². The zero-order valence-corrected chi connectivity index (χ0v) is 52.0. The van der Waals surface area contributed by atoms with Crippen molar-refractivity contribution in [2.45, 2.75) is 392 Å². The minimum atomic E-state index is -0.850. The number of allylic oxidation sites excluding steroid dienone is 5. The van der Waals surface area contributed by atoms with Crippen molar-refractivity contribution in [1.29, 1.82) is 0 Å². The molecule has 2 unspecified atom stereocenters. The van der Waals surface area contributed by atoms with E-state index in [1.165, 1.54) is 302 Å². The van der Waals surface area contributed by atoms with Crippen molar-refractivity contribution in [3.05, 3.63) is 36.5 Å². The molecule has 6 nitrogen and oxygen atoms in total. The van der Waals surface area contributed by atoms with Crippen molar-refractivity contribution >= 4 is 11.9 Å². The lowest BCUT2D eigenvalue weighted by Crippen LogP contribution is -2.45. The van der Waals surface area contributed by atoms with Crippen LogP contribution in [0.1, 0.15) is 380 Å². The number of esters is 1. The van der Waals surface area contributed by atoms with Gasteiger partial charge in [0.15, 0.2) is 0 Å². The topological polar surface area (TPSA) is 95.9 Å². The van der Waals surface area contributed by atoms with Crippen LogP contribution >= 0.6 is 0 Å². The van der Waals surface area contributed by atoms with E-state index >= 15 is 0 Å². The highest BCUT2D eigenvalue weighted by molar-refractivity contribution is 5.76. The van der Waals surface area contributed by atoms with Crippen LogP contribution in [-0.2, 0) is 14.3 Å². The van der Waals surface area contributed by atoms with Gasteiger partial charge in [0.05, 0.1) is 25.4 Å². The van der Waals surface area contributed by atoms with Crippen molar-refractivity contribution in [2.75, 3.05) is 13.2 Å². The van der Waals surface area contributed by atoms with Crippen molar-refractivity contribution in [3.8, 4) is 0 Å². The van der Waals surface area contributed by atoms with Gasteiger partial charge >= 0.3 is 5.97 Å². The summed E-state index contributed by atoms with van der Waals surface area (Å²) in [5, 5.41) is 23.2. The monoisotopic (exact) mass is 1080 g/mol. The molecule has 1 amide bonds. The van der Waals surface area contributed by atoms with Crippen LogP contribution in [0.2, 0.25) is 0 Å². The summed E-state index contributed by atoms with van der Waals surface area (Å²) in [6.07, 6.45) is 84.9. The summed E-state index contributed by atoms with van der Waals surface area (Å²) < 4.78 is 5.50. The lowest BCUT2D eigenvalue weighted by Gasteiger charge is -2.20. The Kier molecular flexibility index (Phi) is 64.9. The standard InChI is InChI=1S/C71H135NO5/c1-3-5-7-9-11-13-15-17-19-21-27-31-35-39-43-47-51-55-59-63-69(74)68(67-73)72-70(75)64-60-56-52-48-44-40-36-32-29-25-23-24-26-30-34-38-42-46-50-54-58-62-66-77-71(76)65-61-57-53-49-45-41-37-33-28-22-20-18-16-14-12-10-8-6-4-2/h18,20,25,29,59,63,68-69,73-74H,3-17,19,21-24,26-28,30-58,60-62,64-67H2,1-2H3,(H,72,75)/b20-18-,29-25-,63-59+. The maximum Gasteiger partial charge on any atom is 0.305 e. The van der Waals surface area contributed by atoms with Gasteiger partial charge in [0.25, 0.3) is 0 Å². The number of ether oxygens (including phenoxy) is 1. The Hall–Kier alpha value is -1.92. The molecule has 0 spiro atoms. The fourth-order valence-electron chi connectivity index (χ4n) is 10.8. The van der Waals surface area contributed by atoms with E-state index in [1.54, 1.807) is 6.08 Å². The molecule has 0 aliphatic heterocycles. The number of hydrogen-bond acceptors (Lipinski definition) is 5. The molecule has 0 heterocycles. The number of aliphatic hydroxyl groups excluding tert-OH is 2. The highest BCUT2D eigenvalue weighted by Gasteiger charge is 2.18. The van der Waals surface area contributed by atoms with Gasteiger partial charge in [-0.05, 0) is 83.5 Å². The third-order valence-electron chi connectivity index (χ3n) is 16.1. The Morgan fingerprint density at radius 3 is 0.922 bits per heavy atom. The van der Waals surface area contributed by atoms with Gasteiger partial charge in [-0.3, -0.25) is 9.59 Å². The number of aliphatic hydroxyl groups is 2.